The molecular weight excluding hydrogens is 254 g/mol. The maximum absolute atomic E-state index is 6.71. The third-order valence-corrected chi connectivity index (χ3v) is 4.78. The molecular formula is C20H27N. The van der Waals surface area contributed by atoms with Gasteiger partial charge in [0.05, 0.1) is 6.04 Å². The monoisotopic (exact) mass is 281 g/mol. The van der Waals surface area contributed by atoms with E-state index < -0.39 is 0 Å². The Bertz CT molecular complexity index is 646. The first-order valence-corrected chi connectivity index (χ1v) is 7.64. The molecule has 0 saturated carbocycles. The molecule has 1 unspecified atom stereocenters. The Kier molecular flexibility index (Phi) is 4.25. The van der Waals surface area contributed by atoms with Crippen LogP contribution in [-0.2, 0) is 0 Å². The van der Waals surface area contributed by atoms with Crippen LogP contribution in [0.4, 0.5) is 0 Å². The Hall–Kier alpha value is -1.60. The zero-order valence-electron chi connectivity index (χ0n) is 14.4. The van der Waals surface area contributed by atoms with E-state index in [-0.39, 0.29) is 6.04 Å². The zero-order valence-corrected chi connectivity index (χ0v) is 14.4. The van der Waals surface area contributed by atoms with Gasteiger partial charge in [-0.1, -0.05) is 23.8 Å². The largest absolute Gasteiger partial charge is 0.320 e. The molecule has 0 fully saturated rings. The van der Waals surface area contributed by atoms with Gasteiger partial charge < -0.3 is 5.73 Å². The Morgan fingerprint density at radius 1 is 0.619 bits per heavy atom. The van der Waals surface area contributed by atoms with E-state index in [1.165, 1.54) is 50.1 Å². The van der Waals surface area contributed by atoms with Crippen molar-refractivity contribution in [3.8, 4) is 0 Å². The van der Waals surface area contributed by atoms with Crippen LogP contribution in [0.5, 0.6) is 0 Å². The number of benzene rings is 2. The van der Waals surface area contributed by atoms with Crippen LogP contribution in [0.3, 0.4) is 0 Å². The molecule has 0 bridgehead atoms. The van der Waals surface area contributed by atoms with Crippen molar-refractivity contribution in [1.82, 2.24) is 0 Å². The summed E-state index contributed by atoms with van der Waals surface area (Å²) in [7, 11) is 0. The van der Waals surface area contributed by atoms with Crippen LogP contribution in [0.1, 0.15) is 56.1 Å². The molecule has 112 valence electrons. The second-order valence-corrected chi connectivity index (χ2v) is 6.46. The van der Waals surface area contributed by atoms with E-state index in [0.29, 0.717) is 0 Å². The van der Waals surface area contributed by atoms with Crippen molar-refractivity contribution >= 4 is 0 Å². The molecule has 0 aliphatic heterocycles. The molecule has 2 rings (SSSR count). The quantitative estimate of drug-likeness (QED) is 0.833. The first-order chi connectivity index (χ1) is 9.73. The molecule has 0 spiro atoms. The molecule has 0 radical (unpaired) electrons. The van der Waals surface area contributed by atoms with Crippen LogP contribution in [-0.4, -0.2) is 0 Å². The standard InChI is InChI=1S/C20H27N/c1-11-8-14(4)18(15(5)9-11)20(21)19-16(6)12(2)10-13(3)17(19)7/h8-10,20H,21H2,1-7H3. The topological polar surface area (TPSA) is 26.0 Å². The Morgan fingerprint density at radius 2 is 1.05 bits per heavy atom. The maximum Gasteiger partial charge on any atom is 0.0562 e. The van der Waals surface area contributed by atoms with Crippen LogP contribution in [0.25, 0.3) is 0 Å². The summed E-state index contributed by atoms with van der Waals surface area (Å²) in [5.74, 6) is 0. The van der Waals surface area contributed by atoms with Gasteiger partial charge in [-0.3, -0.25) is 0 Å². The normalized spacial score (nSPS) is 12.6. The van der Waals surface area contributed by atoms with Gasteiger partial charge in [0.2, 0.25) is 0 Å². The molecule has 2 aromatic carbocycles. The lowest BCUT2D eigenvalue weighted by atomic mass is 9.84. The summed E-state index contributed by atoms with van der Waals surface area (Å²) in [6, 6.07) is 6.67. The van der Waals surface area contributed by atoms with E-state index in [4.69, 9.17) is 5.73 Å². The van der Waals surface area contributed by atoms with Gasteiger partial charge in [0.25, 0.3) is 0 Å². The average molecular weight is 281 g/mol. The molecule has 0 saturated heterocycles. The van der Waals surface area contributed by atoms with E-state index in [2.05, 4.69) is 66.7 Å². The summed E-state index contributed by atoms with van der Waals surface area (Å²) in [5.41, 5.74) is 18.5. The first kappa shape index (κ1) is 15.8. The minimum Gasteiger partial charge on any atom is -0.320 e. The number of aryl methyl sites for hydroxylation is 5. The van der Waals surface area contributed by atoms with Gasteiger partial charge in [-0.15, -0.1) is 0 Å². The predicted octanol–water partition coefficient (Wildman–Crippen LogP) is 4.89. The highest BCUT2D eigenvalue weighted by Gasteiger charge is 2.20. The summed E-state index contributed by atoms with van der Waals surface area (Å²) < 4.78 is 0. The molecule has 21 heavy (non-hydrogen) atoms. The van der Waals surface area contributed by atoms with Gasteiger partial charge in [0, 0.05) is 0 Å². The fourth-order valence-electron chi connectivity index (χ4n) is 3.54. The second kappa shape index (κ2) is 5.65. The number of hydrogen-bond acceptors (Lipinski definition) is 1. The molecule has 0 aliphatic carbocycles. The van der Waals surface area contributed by atoms with E-state index in [1.54, 1.807) is 0 Å². The molecule has 0 aliphatic rings. The number of rotatable bonds is 2. The minimum absolute atomic E-state index is 0.0517. The lowest BCUT2D eigenvalue weighted by Gasteiger charge is -2.24. The highest BCUT2D eigenvalue weighted by atomic mass is 14.6. The predicted molar refractivity (Wildman–Crippen MR) is 92.1 cm³/mol. The van der Waals surface area contributed by atoms with Crippen molar-refractivity contribution in [3.63, 3.8) is 0 Å². The van der Waals surface area contributed by atoms with Gasteiger partial charge in [-0.25, -0.2) is 0 Å². The van der Waals surface area contributed by atoms with Crippen LogP contribution >= 0.6 is 0 Å². The van der Waals surface area contributed by atoms with Gasteiger partial charge in [-0.05, 0) is 93.0 Å². The van der Waals surface area contributed by atoms with Gasteiger partial charge in [0.1, 0.15) is 0 Å². The van der Waals surface area contributed by atoms with Crippen molar-refractivity contribution in [1.29, 1.82) is 0 Å². The summed E-state index contributed by atoms with van der Waals surface area (Å²) in [6.45, 7) is 15.2. The second-order valence-electron chi connectivity index (χ2n) is 6.46. The zero-order chi connectivity index (χ0) is 15.9. The fraction of sp³-hybridized carbons (Fsp3) is 0.400. The van der Waals surface area contributed by atoms with Crippen LogP contribution in [0.2, 0.25) is 0 Å². The molecule has 2 aromatic rings. The van der Waals surface area contributed by atoms with Gasteiger partial charge in [-0.2, -0.15) is 0 Å². The summed E-state index contributed by atoms with van der Waals surface area (Å²) in [6.07, 6.45) is 0. The lowest BCUT2D eigenvalue weighted by Crippen LogP contribution is -2.18. The van der Waals surface area contributed by atoms with E-state index >= 15 is 0 Å². The SMILES string of the molecule is Cc1cc(C)c(C(N)c2c(C)c(C)cc(C)c2C)c(C)c1. The Balaban J connectivity index is 2.69. The molecule has 2 N–H and O–H groups in total. The van der Waals surface area contributed by atoms with Crippen LogP contribution < -0.4 is 5.73 Å². The summed E-state index contributed by atoms with van der Waals surface area (Å²) >= 11 is 0. The molecule has 0 aromatic heterocycles. The molecule has 1 heteroatoms. The molecule has 0 heterocycles. The lowest BCUT2D eigenvalue weighted by molar-refractivity contribution is 0.827. The third-order valence-electron chi connectivity index (χ3n) is 4.78. The Labute approximate surface area is 129 Å². The van der Waals surface area contributed by atoms with E-state index in [0.717, 1.165) is 0 Å². The minimum atomic E-state index is -0.0517. The first-order valence-electron chi connectivity index (χ1n) is 7.64. The van der Waals surface area contributed by atoms with Crippen molar-refractivity contribution < 1.29 is 0 Å². The highest BCUT2D eigenvalue weighted by Crippen LogP contribution is 2.33. The summed E-state index contributed by atoms with van der Waals surface area (Å²) in [5, 5.41) is 0. The number of hydrogen-bond donors (Lipinski definition) is 1. The van der Waals surface area contributed by atoms with Gasteiger partial charge >= 0.3 is 0 Å². The summed E-state index contributed by atoms with van der Waals surface area (Å²) in [4.78, 5) is 0. The van der Waals surface area contributed by atoms with Crippen molar-refractivity contribution in [2.75, 3.05) is 0 Å². The molecule has 1 nitrogen and oxygen atoms in total. The smallest absolute Gasteiger partial charge is 0.0562 e. The third kappa shape index (κ3) is 2.75. The van der Waals surface area contributed by atoms with Crippen molar-refractivity contribution in [2.45, 2.75) is 54.5 Å². The van der Waals surface area contributed by atoms with Crippen molar-refractivity contribution in [3.05, 3.63) is 68.3 Å². The maximum atomic E-state index is 6.71. The van der Waals surface area contributed by atoms with E-state index in [9.17, 15) is 0 Å². The fourth-order valence-corrected chi connectivity index (χ4v) is 3.54. The Morgan fingerprint density at radius 3 is 1.48 bits per heavy atom. The number of nitrogens with two attached hydrogens (primary N) is 1. The molecule has 1 atom stereocenters. The molecule has 0 amide bonds. The van der Waals surface area contributed by atoms with Crippen molar-refractivity contribution in [2.24, 2.45) is 5.73 Å². The van der Waals surface area contributed by atoms with Crippen LogP contribution in [0, 0.1) is 48.5 Å². The highest BCUT2D eigenvalue weighted by molar-refractivity contribution is 5.51. The van der Waals surface area contributed by atoms with Crippen LogP contribution in [0.15, 0.2) is 18.2 Å². The van der Waals surface area contributed by atoms with E-state index in [1.807, 2.05) is 0 Å². The average Bonchev–Trinajstić information content (AvgIpc) is 2.35. The van der Waals surface area contributed by atoms with Gasteiger partial charge in [0.15, 0.2) is 0 Å².